The van der Waals surface area contributed by atoms with Gasteiger partial charge in [-0.25, -0.2) is 0 Å². The lowest BCUT2D eigenvalue weighted by atomic mass is 9.44. The number of fused-ring (bicyclic) bond motifs is 5. The van der Waals surface area contributed by atoms with Crippen LogP contribution in [-0.2, 0) is 4.79 Å². The van der Waals surface area contributed by atoms with Crippen LogP contribution in [0.5, 0.6) is 0 Å². The first-order valence-electron chi connectivity index (χ1n) is 11.2. The quantitative estimate of drug-likeness (QED) is 0.687. The van der Waals surface area contributed by atoms with Crippen LogP contribution in [0.2, 0.25) is 0 Å². The zero-order valence-corrected chi connectivity index (χ0v) is 17.3. The number of hydrogen-bond acceptors (Lipinski definition) is 3. The molecule has 0 spiro atoms. The van der Waals surface area contributed by atoms with Gasteiger partial charge >= 0.3 is 5.97 Å². The summed E-state index contributed by atoms with van der Waals surface area (Å²) in [5.41, 5.74) is -0.680. The van der Waals surface area contributed by atoms with Crippen molar-refractivity contribution in [1.82, 2.24) is 0 Å². The molecule has 0 bridgehead atoms. The first kappa shape index (κ1) is 19.7. The Bertz CT molecular complexity index is 601. The minimum absolute atomic E-state index is 0.0670. The van der Waals surface area contributed by atoms with Gasteiger partial charge in [-0.2, -0.15) is 0 Å². The fourth-order valence-electron chi connectivity index (χ4n) is 8.69. The molecule has 9 unspecified atom stereocenters. The van der Waals surface area contributed by atoms with Gasteiger partial charge in [0.1, 0.15) is 0 Å². The van der Waals surface area contributed by atoms with E-state index in [1.807, 2.05) is 0 Å². The summed E-state index contributed by atoms with van der Waals surface area (Å²) >= 11 is 0. The minimum atomic E-state index is -1.11. The van der Waals surface area contributed by atoms with Crippen LogP contribution in [0.15, 0.2) is 0 Å². The Balaban J connectivity index is 1.58. The lowest BCUT2D eigenvalue weighted by Gasteiger charge is -2.61. The van der Waals surface area contributed by atoms with E-state index in [2.05, 4.69) is 13.8 Å². The molecule has 0 heterocycles. The normalized spacial score (nSPS) is 51.6. The van der Waals surface area contributed by atoms with Crippen LogP contribution < -0.4 is 0 Å². The summed E-state index contributed by atoms with van der Waals surface area (Å²) in [5.74, 6) is 1.93. The van der Waals surface area contributed by atoms with Crippen molar-refractivity contribution in [2.45, 2.75) is 96.7 Å². The van der Waals surface area contributed by atoms with Crippen molar-refractivity contribution in [2.24, 2.45) is 40.4 Å². The van der Waals surface area contributed by atoms with Crippen LogP contribution in [0.4, 0.5) is 0 Å². The van der Waals surface area contributed by atoms with Gasteiger partial charge in [-0.3, -0.25) is 4.79 Å². The second-order valence-corrected chi connectivity index (χ2v) is 11.2. The molecule has 4 fully saturated rings. The van der Waals surface area contributed by atoms with Gasteiger partial charge in [0.25, 0.3) is 0 Å². The van der Waals surface area contributed by atoms with Crippen molar-refractivity contribution in [1.29, 1.82) is 0 Å². The fourth-order valence-corrected chi connectivity index (χ4v) is 8.69. The van der Waals surface area contributed by atoms with Crippen LogP contribution in [0.25, 0.3) is 0 Å². The summed E-state index contributed by atoms with van der Waals surface area (Å²) in [6.07, 6.45) is 9.76. The van der Waals surface area contributed by atoms with Gasteiger partial charge in [0.15, 0.2) is 0 Å². The molecule has 154 valence electrons. The van der Waals surface area contributed by atoms with Gasteiger partial charge in [-0.05, 0) is 105 Å². The second kappa shape index (κ2) is 6.45. The smallest absolute Gasteiger partial charge is 0.306 e. The molecule has 0 aromatic carbocycles. The number of hydrogen-bond donors (Lipinski definition) is 3. The molecule has 4 rings (SSSR count). The molecular formula is C23H38O4. The maximum absolute atomic E-state index is 11.3. The summed E-state index contributed by atoms with van der Waals surface area (Å²) in [6.45, 7) is 6.60. The van der Waals surface area contributed by atoms with Gasteiger partial charge in [0, 0.05) is 0 Å². The first-order chi connectivity index (χ1) is 12.6. The van der Waals surface area contributed by atoms with Crippen molar-refractivity contribution in [2.75, 3.05) is 0 Å². The lowest BCUT2D eigenvalue weighted by molar-refractivity contribution is -0.156. The number of carboxylic acids is 1. The molecule has 4 aliphatic carbocycles. The highest BCUT2D eigenvalue weighted by atomic mass is 16.4. The average molecular weight is 379 g/mol. The van der Waals surface area contributed by atoms with E-state index in [9.17, 15) is 20.1 Å². The maximum Gasteiger partial charge on any atom is 0.306 e. The van der Waals surface area contributed by atoms with E-state index in [0.717, 1.165) is 44.4 Å². The third-order valence-electron chi connectivity index (χ3n) is 9.90. The highest BCUT2D eigenvalue weighted by molar-refractivity contribution is 5.68. The molecule has 4 nitrogen and oxygen atoms in total. The van der Waals surface area contributed by atoms with Gasteiger partial charge in [-0.15, -0.1) is 0 Å². The number of rotatable bonds is 3. The highest BCUT2D eigenvalue weighted by Gasteiger charge is 2.62. The predicted molar refractivity (Wildman–Crippen MR) is 104 cm³/mol. The Labute approximate surface area is 163 Å². The molecule has 4 saturated carbocycles. The number of aliphatic hydroxyl groups is 2. The molecule has 9 atom stereocenters. The largest absolute Gasteiger partial charge is 0.481 e. The number of carboxylic acid groups (broad SMARTS) is 1. The Morgan fingerprint density at radius 1 is 1.00 bits per heavy atom. The molecule has 4 heteroatoms. The Morgan fingerprint density at radius 2 is 1.67 bits per heavy atom. The van der Waals surface area contributed by atoms with Crippen molar-refractivity contribution >= 4 is 5.97 Å². The molecule has 0 radical (unpaired) electrons. The summed E-state index contributed by atoms with van der Waals surface area (Å²) in [7, 11) is 0. The third-order valence-corrected chi connectivity index (χ3v) is 9.90. The van der Waals surface area contributed by atoms with Crippen LogP contribution >= 0.6 is 0 Å². The van der Waals surface area contributed by atoms with E-state index in [1.165, 1.54) is 19.3 Å². The van der Waals surface area contributed by atoms with Gasteiger partial charge in [-0.1, -0.05) is 13.8 Å². The molecule has 0 saturated heterocycles. The Kier molecular flexibility index (Phi) is 4.71. The van der Waals surface area contributed by atoms with E-state index in [4.69, 9.17) is 0 Å². The zero-order valence-electron chi connectivity index (χ0n) is 17.3. The van der Waals surface area contributed by atoms with Crippen LogP contribution in [0.1, 0.15) is 85.0 Å². The fraction of sp³-hybridized carbons (Fsp3) is 0.957. The number of aliphatic carboxylic acids is 1. The molecule has 0 aliphatic heterocycles. The second-order valence-electron chi connectivity index (χ2n) is 11.2. The molecule has 27 heavy (non-hydrogen) atoms. The maximum atomic E-state index is 11.3. The van der Waals surface area contributed by atoms with Crippen LogP contribution in [-0.4, -0.2) is 33.0 Å². The Hall–Kier alpha value is -0.610. The number of carbonyl (C=O) groups is 1. The highest BCUT2D eigenvalue weighted by Crippen LogP contribution is 2.68. The van der Waals surface area contributed by atoms with E-state index in [-0.39, 0.29) is 23.9 Å². The molecule has 4 aliphatic rings. The summed E-state index contributed by atoms with van der Waals surface area (Å²) in [4.78, 5) is 11.3. The SMILES string of the molecule is CC(O)(CC(=O)O)C1CCC2C3CCC4CC(O)CCC4(C)C3CCC21C. The molecule has 0 aromatic rings. The molecular weight excluding hydrogens is 340 g/mol. The molecule has 0 aromatic heterocycles. The van der Waals surface area contributed by atoms with Crippen molar-refractivity contribution < 1.29 is 20.1 Å². The predicted octanol–water partition coefficient (Wildman–Crippen LogP) is 4.23. The van der Waals surface area contributed by atoms with Crippen LogP contribution in [0.3, 0.4) is 0 Å². The topological polar surface area (TPSA) is 77.8 Å². The summed E-state index contributed by atoms with van der Waals surface area (Å²) in [6, 6.07) is 0. The van der Waals surface area contributed by atoms with E-state index in [1.54, 1.807) is 6.92 Å². The van der Waals surface area contributed by atoms with Crippen molar-refractivity contribution in [3.05, 3.63) is 0 Å². The van der Waals surface area contributed by atoms with Crippen molar-refractivity contribution in [3.63, 3.8) is 0 Å². The minimum Gasteiger partial charge on any atom is -0.481 e. The molecule has 0 amide bonds. The molecule has 3 N–H and O–H groups in total. The van der Waals surface area contributed by atoms with E-state index in [0.29, 0.717) is 23.2 Å². The van der Waals surface area contributed by atoms with E-state index >= 15 is 0 Å². The monoisotopic (exact) mass is 378 g/mol. The zero-order chi connectivity index (χ0) is 19.6. The summed E-state index contributed by atoms with van der Waals surface area (Å²) in [5, 5.41) is 30.5. The van der Waals surface area contributed by atoms with Gasteiger partial charge < -0.3 is 15.3 Å². The Morgan fingerprint density at radius 3 is 2.37 bits per heavy atom. The summed E-state index contributed by atoms with van der Waals surface area (Å²) < 4.78 is 0. The average Bonchev–Trinajstić information content (AvgIpc) is 2.92. The standard InChI is InChI=1S/C23H38O4/c1-21-10-8-15(24)12-14(21)4-5-16-17-6-7-19(23(3,27)13-20(25)26)22(17,2)11-9-18(16)21/h14-19,24,27H,4-13H2,1-3H3,(H,25,26). The van der Waals surface area contributed by atoms with E-state index < -0.39 is 11.6 Å². The number of aliphatic hydroxyl groups excluding tert-OH is 1. The van der Waals surface area contributed by atoms with Gasteiger partial charge in [0.05, 0.1) is 18.1 Å². The van der Waals surface area contributed by atoms with Gasteiger partial charge in [0.2, 0.25) is 0 Å². The third kappa shape index (κ3) is 2.97. The lowest BCUT2D eigenvalue weighted by Crippen LogP contribution is -2.55. The van der Waals surface area contributed by atoms with Crippen LogP contribution in [0, 0.1) is 40.4 Å². The van der Waals surface area contributed by atoms with Crippen molar-refractivity contribution in [3.8, 4) is 0 Å². The first-order valence-corrected chi connectivity index (χ1v) is 11.2.